The van der Waals surface area contributed by atoms with Gasteiger partial charge in [0.25, 0.3) is 11.1 Å². The molecule has 2 amide bonds. The van der Waals surface area contributed by atoms with E-state index in [-0.39, 0.29) is 11.1 Å². The summed E-state index contributed by atoms with van der Waals surface area (Å²) < 4.78 is 12.4. The first-order valence-electron chi connectivity index (χ1n) is 8.16. The Morgan fingerprint density at radius 2 is 1.85 bits per heavy atom. The van der Waals surface area contributed by atoms with Crippen molar-refractivity contribution < 1.29 is 18.7 Å². The Morgan fingerprint density at radius 1 is 1.07 bits per heavy atom. The molecule has 7 nitrogen and oxygen atoms in total. The molecule has 8 heteroatoms. The van der Waals surface area contributed by atoms with Crippen molar-refractivity contribution in [3.8, 4) is 5.75 Å². The summed E-state index contributed by atoms with van der Waals surface area (Å²) in [6.45, 7) is 0.664. The van der Waals surface area contributed by atoms with Crippen LogP contribution in [0.1, 0.15) is 5.56 Å². The Bertz CT molecular complexity index is 1110. The molecule has 1 aliphatic rings. The van der Waals surface area contributed by atoms with Crippen LogP contribution in [0.5, 0.6) is 5.75 Å². The number of ether oxygens (including phenoxy) is 1. The van der Waals surface area contributed by atoms with Gasteiger partial charge in [-0.15, -0.1) is 0 Å². The molecule has 1 fully saturated rings. The normalized spacial score (nSPS) is 15.5. The van der Waals surface area contributed by atoms with Crippen LogP contribution in [0.15, 0.2) is 62.6 Å². The Kier molecular flexibility index (Phi) is 4.55. The fourth-order valence-electron chi connectivity index (χ4n) is 2.71. The second-order valence-electron chi connectivity index (χ2n) is 5.76. The summed E-state index contributed by atoms with van der Waals surface area (Å²) in [5.41, 5.74) is 2.06. The van der Waals surface area contributed by atoms with Crippen LogP contribution in [0.3, 0.4) is 0 Å². The van der Waals surface area contributed by atoms with Crippen molar-refractivity contribution in [3.63, 3.8) is 0 Å². The second kappa shape index (κ2) is 7.16. The number of nitrogens with one attached hydrogen (secondary N) is 1. The van der Waals surface area contributed by atoms with E-state index in [2.05, 4.69) is 5.32 Å². The Balaban J connectivity index is 1.40. The molecule has 27 heavy (non-hydrogen) atoms. The monoisotopic (exact) mass is 382 g/mol. The Labute approximate surface area is 157 Å². The molecule has 0 bridgehead atoms. The maximum atomic E-state index is 11.9. The minimum absolute atomic E-state index is 0.302. The Morgan fingerprint density at radius 3 is 2.59 bits per heavy atom. The van der Waals surface area contributed by atoms with Crippen molar-refractivity contribution in [2.24, 2.45) is 0 Å². The number of carbonyl (C=O) groups is 2. The van der Waals surface area contributed by atoms with Crippen LogP contribution in [-0.2, 0) is 11.3 Å². The molecule has 1 N–H and O–H groups in total. The van der Waals surface area contributed by atoms with E-state index < -0.39 is 5.76 Å². The summed E-state index contributed by atoms with van der Waals surface area (Å²) in [7, 11) is 0. The highest BCUT2D eigenvalue weighted by molar-refractivity contribution is 8.18. The number of benzene rings is 2. The third-order valence-corrected chi connectivity index (χ3v) is 4.79. The van der Waals surface area contributed by atoms with E-state index in [4.69, 9.17) is 9.15 Å². The second-order valence-corrected chi connectivity index (χ2v) is 6.77. The highest BCUT2D eigenvalue weighted by Gasteiger charge is 2.24. The molecule has 4 rings (SSSR count). The van der Waals surface area contributed by atoms with E-state index in [0.29, 0.717) is 29.4 Å². The average molecular weight is 382 g/mol. The average Bonchev–Trinajstić information content (AvgIpc) is 3.14. The lowest BCUT2D eigenvalue weighted by Crippen LogP contribution is -2.18. The first-order valence-corrected chi connectivity index (χ1v) is 8.98. The molecule has 0 spiro atoms. The SMILES string of the molecule is O=C1NC(=O)C(=Cc2ccc(OCCn3c(=O)oc4ccccc43)cc2)S1. The molecular weight excluding hydrogens is 368 g/mol. The smallest absolute Gasteiger partial charge is 0.420 e. The van der Waals surface area contributed by atoms with Gasteiger partial charge in [0.15, 0.2) is 5.58 Å². The number of para-hydroxylation sites is 2. The lowest BCUT2D eigenvalue weighted by Gasteiger charge is -2.07. The van der Waals surface area contributed by atoms with Gasteiger partial charge in [0, 0.05) is 0 Å². The third-order valence-electron chi connectivity index (χ3n) is 3.98. The molecular formula is C19H14N2O5S. The fourth-order valence-corrected chi connectivity index (χ4v) is 3.40. The van der Waals surface area contributed by atoms with Crippen molar-refractivity contribution in [1.29, 1.82) is 0 Å². The molecule has 0 radical (unpaired) electrons. The maximum Gasteiger partial charge on any atom is 0.420 e. The number of imide groups is 1. The largest absolute Gasteiger partial charge is 0.492 e. The van der Waals surface area contributed by atoms with E-state index in [9.17, 15) is 14.4 Å². The zero-order valence-electron chi connectivity index (χ0n) is 14.0. The summed E-state index contributed by atoms with van der Waals surface area (Å²) in [6.07, 6.45) is 1.64. The molecule has 0 saturated carbocycles. The van der Waals surface area contributed by atoms with Gasteiger partial charge < -0.3 is 9.15 Å². The van der Waals surface area contributed by atoms with E-state index in [1.54, 1.807) is 36.4 Å². The van der Waals surface area contributed by atoms with Gasteiger partial charge >= 0.3 is 5.76 Å². The lowest BCUT2D eigenvalue weighted by atomic mass is 10.2. The van der Waals surface area contributed by atoms with Crippen LogP contribution < -0.4 is 15.8 Å². The predicted molar refractivity (Wildman–Crippen MR) is 102 cm³/mol. The first-order chi connectivity index (χ1) is 13.1. The van der Waals surface area contributed by atoms with E-state index >= 15 is 0 Å². The summed E-state index contributed by atoms with van der Waals surface area (Å²) in [6, 6.07) is 14.3. The van der Waals surface area contributed by atoms with Crippen LogP contribution in [0.25, 0.3) is 17.2 Å². The maximum absolute atomic E-state index is 11.9. The van der Waals surface area contributed by atoms with Crippen LogP contribution in [-0.4, -0.2) is 22.3 Å². The minimum atomic E-state index is -0.413. The minimum Gasteiger partial charge on any atom is -0.492 e. The van der Waals surface area contributed by atoms with Crippen LogP contribution in [0.4, 0.5) is 4.79 Å². The molecule has 2 heterocycles. The predicted octanol–water partition coefficient (Wildman–Crippen LogP) is 3.00. The zero-order valence-corrected chi connectivity index (χ0v) is 14.8. The van der Waals surface area contributed by atoms with Crippen LogP contribution >= 0.6 is 11.8 Å². The molecule has 0 atom stereocenters. The fraction of sp³-hybridized carbons (Fsp3) is 0.105. The standard InChI is InChI=1S/C19H14N2O5S/c22-17-16(27-18(23)20-17)11-12-5-7-13(8-6-12)25-10-9-21-14-3-1-2-4-15(14)26-19(21)24/h1-8,11H,9-10H2,(H,20,22,23). The number of hydrogen-bond donors (Lipinski definition) is 1. The number of fused-ring (bicyclic) bond motifs is 1. The number of nitrogens with zero attached hydrogens (tertiary/aromatic N) is 1. The van der Waals surface area contributed by atoms with Gasteiger partial charge in [-0.05, 0) is 47.7 Å². The molecule has 3 aromatic rings. The number of aromatic nitrogens is 1. The molecule has 0 unspecified atom stereocenters. The lowest BCUT2D eigenvalue weighted by molar-refractivity contribution is -0.115. The zero-order chi connectivity index (χ0) is 18.8. The quantitative estimate of drug-likeness (QED) is 0.682. The molecule has 1 aromatic heterocycles. The molecule has 136 valence electrons. The van der Waals surface area contributed by atoms with E-state index in [0.717, 1.165) is 22.8 Å². The number of hydrogen-bond acceptors (Lipinski definition) is 6. The third kappa shape index (κ3) is 3.65. The van der Waals surface area contributed by atoms with Crippen molar-refractivity contribution in [3.05, 3.63) is 69.6 Å². The number of oxazole rings is 1. The van der Waals surface area contributed by atoms with E-state index in [1.165, 1.54) is 4.57 Å². The highest BCUT2D eigenvalue weighted by atomic mass is 32.2. The molecule has 1 saturated heterocycles. The summed E-state index contributed by atoms with van der Waals surface area (Å²) in [4.78, 5) is 35.0. The summed E-state index contributed by atoms with van der Waals surface area (Å²) >= 11 is 0.876. The van der Waals surface area contributed by atoms with E-state index in [1.807, 2.05) is 18.2 Å². The molecule has 2 aromatic carbocycles. The molecule has 1 aliphatic heterocycles. The number of rotatable bonds is 5. The van der Waals surface area contributed by atoms with Gasteiger partial charge in [-0.25, -0.2) is 4.79 Å². The van der Waals surface area contributed by atoms with Gasteiger partial charge in [-0.2, -0.15) is 0 Å². The van der Waals surface area contributed by atoms with Gasteiger partial charge in [-0.1, -0.05) is 24.3 Å². The van der Waals surface area contributed by atoms with Crippen molar-refractivity contribution in [1.82, 2.24) is 9.88 Å². The Hall–Kier alpha value is -3.26. The van der Waals surface area contributed by atoms with Gasteiger partial charge in [-0.3, -0.25) is 19.5 Å². The summed E-state index contributed by atoms with van der Waals surface area (Å²) in [5, 5.41) is 1.85. The van der Waals surface area contributed by atoms with Gasteiger partial charge in [0.1, 0.15) is 12.4 Å². The molecule has 0 aliphatic carbocycles. The highest BCUT2D eigenvalue weighted by Crippen LogP contribution is 2.26. The van der Waals surface area contributed by atoms with Crippen molar-refractivity contribution in [2.75, 3.05) is 6.61 Å². The van der Waals surface area contributed by atoms with Crippen molar-refractivity contribution in [2.45, 2.75) is 6.54 Å². The first kappa shape index (κ1) is 17.2. The van der Waals surface area contributed by atoms with Gasteiger partial charge in [0.05, 0.1) is 17.0 Å². The van der Waals surface area contributed by atoms with Crippen LogP contribution in [0, 0.1) is 0 Å². The summed E-state index contributed by atoms with van der Waals surface area (Å²) in [5.74, 6) is -0.163. The van der Waals surface area contributed by atoms with Crippen LogP contribution in [0.2, 0.25) is 0 Å². The topological polar surface area (TPSA) is 90.5 Å². The van der Waals surface area contributed by atoms with Gasteiger partial charge in [0.2, 0.25) is 0 Å². The van der Waals surface area contributed by atoms with Crippen molar-refractivity contribution >= 4 is 40.1 Å². The number of carbonyl (C=O) groups excluding carboxylic acids is 2. The number of amides is 2. The number of thioether (sulfide) groups is 1.